The largest absolute Gasteiger partial charge is 0.494 e. The van der Waals surface area contributed by atoms with Crippen LogP contribution >= 0.6 is 11.8 Å². The van der Waals surface area contributed by atoms with Crippen molar-refractivity contribution in [2.45, 2.75) is 70.3 Å². The van der Waals surface area contributed by atoms with Crippen LogP contribution in [0.25, 0.3) is 0 Å². The van der Waals surface area contributed by atoms with Gasteiger partial charge in [-0.15, -0.1) is 11.8 Å². The molecule has 0 saturated carbocycles. The average molecular weight is 444 g/mol. The molecule has 3 heterocycles. The summed E-state index contributed by atoms with van der Waals surface area (Å²) in [6.07, 6.45) is 3.94. The van der Waals surface area contributed by atoms with Gasteiger partial charge >= 0.3 is 0 Å². The highest BCUT2D eigenvalue weighted by Gasteiger charge is 2.36. The van der Waals surface area contributed by atoms with Crippen molar-refractivity contribution in [3.8, 4) is 5.75 Å². The fraction of sp³-hybridized carbons (Fsp3) is 0.583. The number of aromatic nitrogens is 2. The van der Waals surface area contributed by atoms with Crippen LogP contribution in [0.5, 0.6) is 5.75 Å². The number of hydrogen-bond acceptors (Lipinski definition) is 5. The van der Waals surface area contributed by atoms with Gasteiger partial charge in [0, 0.05) is 12.2 Å². The Morgan fingerprint density at radius 1 is 1.32 bits per heavy atom. The molecule has 1 saturated heterocycles. The topological polar surface area (TPSA) is 65.4 Å². The molecule has 2 atom stereocenters. The van der Waals surface area contributed by atoms with E-state index < -0.39 is 0 Å². The number of unbranched alkanes of at least 4 members (excludes halogenated alkanes) is 1. The minimum absolute atomic E-state index is 0.0285. The van der Waals surface area contributed by atoms with Crippen LogP contribution in [0.2, 0.25) is 0 Å². The van der Waals surface area contributed by atoms with Crippen molar-refractivity contribution in [2.24, 2.45) is 0 Å². The third-order valence-electron chi connectivity index (χ3n) is 6.00. The maximum atomic E-state index is 12.6. The minimum Gasteiger partial charge on any atom is -0.494 e. The number of carbonyl (C=O) groups excluding carboxylic acids is 1. The molecular weight excluding hydrogens is 410 g/mol. The number of amides is 1. The number of nitrogens with one attached hydrogen (secondary N) is 1. The van der Waals surface area contributed by atoms with Crippen molar-refractivity contribution in [1.82, 2.24) is 9.78 Å². The van der Waals surface area contributed by atoms with Gasteiger partial charge in [-0.2, -0.15) is 5.10 Å². The van der Waals surface area contributed by atoms with E-state index in [-0.39, 0.29) is 22.8 Å². The highest BCUT2D eigenvalue weighted by molar-refractivity contribution is 8.00. The summed E-state index contributed by atoms with van der Waals surface area (Å²) in [4.78, 5) is 12.6. The molecule has 1 amide bonds. The Morgan fingerprint density at radius 2 is 2.10 bits per heavy atom. The second-order valence-electron chi connectivity index (χ2n) is 9.06. The summed E-state index contributed by atoms with van der Waals surface area (Å²) in [7, 11) is 0. The fourth-order valence-corrected chi connectivity index (χ4v) is 5.61. The SMILES string of the molecule is CCCCOc1ccc([C@H]2SCC(=O)Nc3c2c(C)nn3[C@@H]2CCOC(C)(C)C2)cc1. The van der Waals surface area contributed by atoms with Crippen molar-refractivity contribution in [3.63, 3.8) is 0 Å². The standard InChI is InChI=1S/C24H33N3O3S/c1-5-6-12-29-19-9-7-17(8-10-19)22-21-16(2)26-27(23(21)25-20(28)15-31-22)18-11-13-30-24(3,4)14-18/h7-10,18,22H,5-6,11-15H2,1-4H3,(H,25,28)/t18-,22-/m1/s1. The normalized spacial score (nSPS) is 23.0. The Labute approximate surface area is 189 Å². The van der Waals surface area contributed by atoms with Crippen LogP contribution in [0.4, 0.5) is 5.82 Å². The van der Waals surface area contributed by atoms with E-state index in [0.29, 0.717) is 12.4 Å². The van der Waals surface area contributed by atoms with Gasteiger partial charge in [-0.05, 0) is 57.7 Å². The van der Waals surface area contributed by atoms with Crippen molar-refractivity contribution in [3.05, 3.63) is 41.1 Å². The zero-order chi connectivity index (χ0) is 22.0. The number of anilines is 1. The number of ether oxygens (including phenoxy) is 2. The van der Waals surface area contributed by atoms with Gasteiger partial charge in [-0.3, -0.25) is 4.79 Å². The van der Waals surface area contributed by atoms with Gasteiger partial charge in [-0.1, -0.05) is 25.5 Å². The van der Waals surface area contributed by atoms with Crippen LogP contribution in [-0.2, 0) is 9.53 Å². The van der Waals surface area contributed by atoms with Gasteiger partial charge < -0.3 is 14.8 Å². The van der Waals surface area contributed by atoms with Gasteiger partial charge in [0.15, 0.2) is 0 Å². The van der Waals surface area contributed by atoms with Crippen LogP contribution in [0.1, 0.15) is 74.6 Å². The van der Waals surface area contributed by atoms with Crippen molar-refractivity contribution >= 4 is 23.5 Å². The van der Waals surface area contributed by atoms with E-state index in [1.807, 2.05) is 23.7 Å². The molecule has 2 aromatic rings. The van der Waals surface area contributed by atoms with Crippen molar-refractivity contribution in [1.29, 1.82) is 0 Å². The van der Waals surface area contributed by atoms with E-state index in [4.69, 9.17) is 14.6 Å². The lowest BCUT2D eigenvalue weighted by Crippen LogP contribution is -2.36. The van der Waals surface area contributed by atoms with E-state index in [1.54, 1.807) is 11.8 Å². The second kappa shape index (κ2) is 9.25. The number of thioether (sulfide) groups is 1. The number of aryl methyl sites for hydroxylation is 1. The molecule has 1 aromatic carbocycles. The molecule has 0 bridgehead atoms. The van der Waals surface area contributed by atoms with Gasteiger partial charge in [0.2, 0.25) is 5.91 Å². The lowest BCUT2D eigenvalue weighted by Gasteiger charge is -2.36. The van der Waals surface area contributed by atoms with E-state index in [9.17, 15) is 4.79 Å². The van der Waals surface area contributed by atoms with Crippen LogP contribution in [-0.4, -0.2) is 40.3 Å². The number of rotatable bonds is 6. The summed E-state index contributed by atoms with van der Waals surface area (Å²) in [5.41, 5.74) is 3.06. The van der Waals surface area contributed by atoms with E-state index in [0.717, 1.165) is 55.1 Å². The summed E-state index contributed by atoms with van der Waals surface area (Å²) >= 11 is 1.66. The fourth-order valence-electron chi connectivity index (χ4n) is 4.42. The average Bonchev–Trinajstić information content (AvgIpc) is 2.94. The van der Waals surface area contributed by atoms with E-state index in [1.165, 1.54) is 5.56 Å². The third kappa shape index (κ3) is 4.93. The van der Waals surface area contributed by atoms with Crippen LogP contribution in [0.3, 0.4) is 0 Å². The molecular formula is C24H33N3O3S. The second-order valence-corrected chi connectivity index (χ2v) is 10.2. The summed E-state index contributed by atoms with van der Waals surface area (Å²) < 4.78 is 13.8. The molecule has 6 nitrogen and oxygen atoms in total. The van der Waals surface area contributed by atoms with Crippen molar-refractivity contribution in [2.75, 3.05) is 24.3 Å². The Bertz CT molecular complexity index is 923. The molecule has 0 spiro atoms. The molecule has 0 unspecified atom stereocenters. The smallest absolute Gasteiger partial charge is 0.235 e. The Kier molecular flexibility index (Phi) is 6.63. The van der Waals surface area contributed by atoms with Crippen LogP contribution < -0.4 is 10.1 Å². The quantitative estimate of drug-likeness (QED) is 0.616. The highest BCUT2D eigenvalue weighted by atomic mass is 32.2. The molecule has 7 heteroatoms. The Balaban J connectivity index is 1.65. The molecule has 2 aliphatic rings. The lowest BCUT2D eigenvalue weighted by molar-refractivity contribution is -0.113. The molecule has 31 heavy (non-hydrogen) atoms. The number of benzene rings is 1. The molecule has 2 aliphatic heterocycles. The van der Waals surface area contributed by atoms with Gasteiger partial charge in [0.1, 0.15) is 11.6 Å². The molecule has 1 N–H and O–H groups in total. The summed E-state index contributed by atoms with van der Waals surface area (Å²) in [5.74, 6) is 2.19. The first-order valence-corrected chi connectivity index (χ1v) is 12.3. The molecule has 0 aliphatic carbocycles. The first-order chi connectivity index (χ1) is 14.9. The van der Waals surface area contributed by atoms with E-state index in [2.05, 4.69) is 38.2 Å². The molecule has 4 rings (SSSR count). The van der Waals surface area contributed by atoms with Gasteiger partial charge in [0.25, 0.3) is 0 Å². The zero-order valence-electron chi connectivity index (χ0n) is 18.9. The predicted molar refractivity (Wildman–Crippen MR) is 125 cm³/mol. The maximum Gasteiger partial charge on any atom is 0.235 e. The molecule has 1 aromatic heterocycles. The first-order valence-electron chi connectivity index (χ1n) is 11.2. The number of carbonyl (C=O) groups is 1. The van der Waals surface area contributed by atoms with Crippen molar-refractivity contribution < 1.29 is 14.3 Å². The number of fused-ring (bicyclic) bond motifs is 1. The van der Waals surface area contributed by atoms with E-state index >= 15 is 0 Å². The van der Waals surface area contributed by atoms with Gasteiger partial charge in [0.05, 0.1) is 34.9 Å². The predicted octanol–water partition coefficient (Wildman–Crippen LogP) is 5.28. The number of nitrogens with zero attached hydrogens (tertiary/aromatic N) is 2. The van der Waals surface area contributed by atoms with Gasteiger partial charge in [-0.25, -0.2) is 4.68 Å². The maximum absolute atomic E-state index is 12.6. The Morgan fingerprint density at radius 3 is 2.81 bits per heavy atom. The monoisotopic (exact) mass is 443 g/mol. The summed E-state index contributed by atoms with van der Waals surface area (Å²) in [6.45, 7) is 9.89. The molecule has 0 radical (unpaired) electrons. The molecule has 168 valence electrons. The van der Waals surface area contributed by atoms with Crippen LogP contribution in [0, 0.1) is 6.92 Å². The zero-order valence-corrected chi connectivity index (χ0v) is 19.8. The lowest BCUT2D eigenvalue weighted by atomic mass is 9.94. The third-order valence-corrected chi connectivity index (χ3v) is 7.27. The minimum atomic E-state index is -0.188. The Hall–Kier alpha value is -1.99. The first kappa shape index (κ1) is 22.2. The van der Waals surface area contributed by atoms with Crippen LogP contribution in [0.15, 0.2) is 24.3 Å². The highest BCUT2D eigenvalue weighted by Crippen LogP contribution is 2.45. The number of hydrogen-bond donors (Lipinski definition) is 1. The molecule has 1 fully saturated rings. The summed E-state index contributed by atoms with van der Waals surface area (Å²) in [6, 6.07) is 8.52. The summed E-state index contributed by atoms with van der Waals surface area (Å²) in [5, 5.41) is 8.12.